The number of fused-ring (bicyclic) bond motifs is 1. The average Bonchev–Trinajstić information content (AvgIpc) is 3.25. The minimum absolute atomic E-state index is 0.131. The predicted octanol–water partition coefficient (Wildman–Crippen LogP) is 4.82. The van der Waals surface area contributed by atoms with Crippen LogP contribution in [0.3, 0.4) is 0 Å². The molecule has 4 aromatic rings. The zero-order chi connectivity index (χ0) is 17.9. The van der Waals surface area contributed by atoms with Gasteiger partial charge in [0.25, 0.3) is 5.91 Å². The number of carbonyl (C=O) groups excluding carboxylic acids is 1. The van der Waals surface area contributed by atoms with E-state index in [-0.39, 0.29) is 11.7 Å². The van der Waals surface area contributed by atoms with E-state index in [0.717, 1.165) is 21.3 Å². The molecule has 0 aliphatic heterocycles. The molecular formula is C21H17FN2OS. The molecule has 26 heavy (non-hydrogen) atoms. The van der Waals surface area contributed by atoms with Crippen LogP contribution in [0.25, 0.3) is 10.2 Å². The number of hydrogen-bond acceptors (Lipinski definition) is 2. The second-order valence-electron chi connectivity index (χ2n) is 6.08. The highest BCUT2D eigenvalue weighted by Gasteiger charge is 2.16. The third-order valence-electron chi connectivity index (χ3n) is 4.31. The van der Waals surface area contributed by atoms with Crippen molar-refractivity contribution in [1.82, 2.24) is 9.88 Å². The van der Waals surface area contributed by atoms with E-state index >= 15 is 0 Å². The molecule has 0 aliphatic carbocycles. The van der Waals surface area contributed by atoms with Crippen molar-refractivity contribution in [1.29, 1.82) is 0 Å². The number of carbonyl (C=O) groups is 1. The van der Waals surface area contributed by atoms with Crippen molar-refractivity contribution in [3.63, 3.8) is 0 Å². The van der Waals surface area contributed by atoms with Gasteiger partial charge in [0.1, 0.15) is 11.5 Å². The molecule has 0 saturated heterocycles. The van der Waals surface area contributed by atoms with Gasteiger partial charge in [0.15, 0.2) is 0 Å². The quantitative estimate of drug-likeness (QED) is 0.541. The van der Waals surface area contributed by atoms with Crippen molar-refractivity contribution in [2.24, 2.45) is 0 Å². The van der Waals surface area contributed by atoms with Crippen molar-refractivity contribution < 1.29 is 9.18 Å². The first-order valence-corrected chi connectivity index (χ1v) is 9.22. The highest BCUT2D eigenvalue weighted by Crippen LogP contribution is 2.26. The number of benzene rings is 2. The third-order valence-corrected chi connectivity index (χ3v) is 5.16. The molecule has 2 aromatic carbocycles. The van der Waals surface area contributed by atoms with Gasteiger partial charge in [-0.25, -0.2) is 4.39 Å². The summed E-state index contributed by atoms with van der Waals surface area (Å²) in [4.78, 5) is 12.8. The number of halogens is 1. The first-order chi connectivity index (χ1) is 12.7. The standard InChI is InChI=1S/C21H17FN2OS/c22-17-8-6-15(7-9-17)13-23-21(25)19-12-20-18(10-11-26-20)24(19)14-16-4-2-1-3-5-16/h1-12H,13-14H2,(H,23,25). The maximum Gasteiger partial charge on any atom is 0.268 e. The fourth-order valence-corrected chi connectivity index (χ4v) is 3.80. The second kappa shape index (κ2) is 7.14. The van der Waals surface area contributed by atoms with Crippen LogP contribution >= 0.6 is 11.3 Å². The largest absolute Gasteiger partial charge is 0.347 e. The van der Waals surface area contributed by atoms with Gasteiger partial charge < -0.3 is 9.88 Å². The van der Waals surface area contributed by atoms with Crippen molar-refractivity contribution in [2.75, 3.05) is 0 Å². The first kappa shape index (κ1) is 16.5. The topological polar surface area (TPSA) is 34.0 Å². The van der Waals surface area contributed by atoms with Crippen molar-refractivity contribution in [3.05, 3.63) is 94.7 Å². The zero-order valence-electron chi connectivity index (χ0n) is 14.0. The fraction of sp³-hybridized carbons (Fsp3) is 0.0952. The normalized spacial score (nSPS) is 11.0. The van der Waals surface area contributed by atoms with E-state index in [2.05, 4.69) is 17.4 Å². The van der Waals surface area contributed by atoms with Gasteiger partial charge in [-0.15, -0.1) is 11.3 Å². The Hall–Kier alpha value is -2.92. The van der Waals surface area contributed by atoms with Crippen LogP contribution in [0, 0.1) is 5.82 Å². The van der Waals surface area contributed by atoms with Crippen LogP contribution in [0.15, 0.2) is 72.1 Å². The van der Waals surface area contributed by atoms with E-state index in [1.165, 1.54) is 12.1 Å². The molecule has 0 fully saturated rings. The minimum atomic E-state index is -0.281. The van der Waals surface area contributed by atoms with Crippen LogP contribution in [0.4, 0.5) is 4.39 Å². The molecule has 1 N–H and O–H groups in total. The second-order valence-corrected chi connectivity index (χ2v) is 7.03. The molecule has 0 aliphatic rings. The lowest BCUT2D eigenvalue weighted by atomic mass is 10.2. The molecule has 5 heteroatoms. The van der Waals surface area contributed by atoms with Gasteiger partial charge in [-0.05, 0) is 40.8 Å². The highest BCUT2D eigenvalue weighted by molar-refractivity contribution is 7.17. The molecule has 130 valence electrons. The van der Waals surface area contributed by atoms with E-state index in [9.17, 15) is 9.18 Å². The van der Waals surface area contributed by atoms with Crippen LogP contribution in [-0.2, 0) is 13.1 Å². The molecule has 0 spiro atoms. The summed E-state index contributed by atoms with van der Waals surface area (Å²) < 4.78 is 16.1. The minimum Gasteiger partial charge on any atom is -0.347 e. The molecule has 0 saturated carbocycles. The summed E-state index contributed by atoms with van der Waals surface area (Å²) in [6.07, 6.45) is 0. The Morgan fingerprint density at radius 2 is 1.77 bits per heavy atom. The molecule has 1 amide bonds. The van der Waals surface area contributed by atoms with Gasteiger partial charge in [0.05, 0.1) is 10.2 Å². The van der Waals surface area contributed by atoms with Crippen LogP contribution in [-0.4, -0.2) is 10.5 Å². The van der Waals surface area contributed by atoms with E-state index in [0.29, 0.717) is 18.8 Å². The summed E-state index contributed by atoms with van der Waals surface area (Å²) in [5.41, 5.74) is 3.70. The average molecular weight is 364 g/mol. The lowest BCUT2D eigenvalue weighted by Crippen LogP contribution is -2.25. The summed E-state index contributed by atoms with van der Waals surface area (Å²) >= 11 is 1.62. The summed E-state index contributed by atoms with van der Waals surface area (Å²) in [6.45, 7) is 1.00. The van der Waals surface area contributed by atoms with Crippen molar-refractivity contribution in [2.45, 2.75) is 13.1 Å². The monoisotopic (exact) mass is 364 g/mol. The van der Waals surface area contributed by atoms with E-state index in [1.807, 2.05) is 40.3 Å². The number of nitrogens with one attached hydrogen (secondary N) is 1. The van der Waals surface area contributed by atoms with E-state index in [1.54, 1.807) is 23.5 Å². The molecule has 3 nitrogen and oxygen atoms in total. The Morgan fingerprint density at radius 3 is 2.54 bits per heavy atom. The summed E-state index contributed by atoms with van der Waals surface area (Å²) in [5.74, 6) is -0.411. The molecule has 2 aromatic heterocycles. The number of rotatable bonds is 5. The molecule has 2 heterocycles. The van der Waals surface area contributed by atoms with E-state index in [4.69, 9.17) is 0 Å². The van der Waals surface area contributed by atoms with Gasteiger partial charge in [0, 0.05) is 13.1 Å². The predicted molar refractivity (Wildman–Crippen MR) is 103 cm³/mol. The summed E-state index contributed by atoms with van der Waals surface area (Å²) in [5, 5.41) is 4.97. The summed E-state index contributed by atoms with van der Waals surface area (Å²) in [7, 11) is 0. The fourth-order valence-electron chi connectivity index (χ4n) is 2.98. The Morgan fingerprint density at radius 1 is 1.00 bits per heavy atom. The zero-order valence-corrected chi connectivity index (χ0v) is 14.8. The van der Waals surface area contributed by atoms with Crippen LogP contribution in [0.1, 0.15) is 21.6 Å². The third kappa shape index (κ3) is 3.39. The van der Waals surface area contributed by atoms with Gasteiger partial charge in [-0.1, -0.05) is 42.5 Å². The Labute approximate surface area is 154 Å². The van der Waals surface area contributed by atoms with Gasteiger partial charge in [-0.2, -0.15) is 0 Å². The molecule has 0 atom stereocenters. The lowest BCUT2D eigenvalue weighted by Gasteiger charge is -2.11. The Kier molecular flexibility index (Phi) is 4.54. The Balaban J connectivity index is 1.58. The molecular weight excluding hydrogens is 347 g/mol. The molecule has 4 rings (SSSR count). The SMILES string of the molecule is O=C(NCc1ccc(F)cc1)c1cc2sccc2n1Cc1ccccc1. The van der Waals surface area contributed by atoms with Crippen LogP contribution in [0.5, 0.6) is 0 Å². The lowest BCUT2D eigenvalue weighted by molar-refractivity contribution is 0.0942. The number of nitrogens with zero attached hydrogens (tertiary/aromatic N) is 1. The number of amides is 1. The number of aromatic nitrogens is 1. The maximum absolute atomic E-state index is 13.0. The van der Waals surface area contributed by atoms with Crippen LogP contribution in [0.2, 0.25) is 0 Å². The smallest absolute Gasteiger partial charge is 0.268 e. The molecule has 0 bridgehead atoms. The Bertz CT molecular complexity index is 1040. The van der Waals surface area contributed by atoms with Gasteiger partial charge in [0.2, 0.25) is 0 Å². The first-order valence-electron chi connectivity index (χ1n) is 8.34. The maximum atomic E-state index is 13.0. The van der Waals surface area contributed by atoms with Crippen molar-refractivity contribution >= 4 is 27.5 Å². The number of thiophene rings is 1. The summed E-state index contributed by atoms with van der Waals surface area (Å²) in [6, 6.07) is 20.2. The van der Waals surface area contributed by atoms with Crippen LogP contribution < -0.4 is 5.32 Å². The highest BCUT2D eigenvalue weighted by atomic mass is 32.1. The van der Waals surface area contributed by atoms with Crippen molar-refractivity contribution in [3.8, 4) is 0 Å². The number of hydrogen-bond donors (Lipinski definition) is 1. The van der Waals surface area contributed by atoms with Gasteiger partial charge in [-0.3, -0.25) is 4.79 Å². The molecule has 0 unspecified atom stereocenters. The van der Waals surface area contributed by atoms with E-state index < -0.39 is 0 Å². The molecule has 0 radical (unpaired) electrons. The van der Waals surface area contributed by atoms with Gasteiger partial charge >= 0.3 is 0 Å².